The summed E-state index contributed by atoms with van der Waals surface area (Å²) in [6.07, 6.45) is 0. The van der Waals surface area contributed by atoms with Gasteiger partial charge in [-0.1, -0.05) is 13.8 Å². The maximum Gasteiger partial charge on any atom is 0.263 e. The minimum Gasteiger partial charge on any atom is -0.350 e. The Morgan fingerprint density at radius 2 is 2.00 bits per heavy atom. The molecule has 0 aliphatic rings. The standard InChI is InChI=1S/C13H21N3O2/c1-8(2)11-6-5-10(13(18)16(11)4)12(17)15-7-9(3)14/h5-6,8-9H,7,14H2,1-4H3,(H,15,17)/t9-/m0/s1. The summed E-state index contributed by atoms with van der Waals surface area (Å²) in [4.78, 5) is 23.9. The summed E-state index contributed by atoms with van der Waals surface area (Å²) < 4.78 is 1.52. The van der Waals surface area contributed by atoms with Crippen molar-refractivity contribution in [1.29, 1.82) is 0 Å². The molecule has 0 aliphatic heterocycles. The molecule has 1 aromatic heterocycles. The summed E-state index contributed by atoms with van der Waals surface area (Å²) in [5.41, 5.74) is 6.34. The van der Waals surface area contributed by atoms with E-state index in [4.69, 9.17) is 5.73 Å². The first kappa shape index (κ1) is 14.4. The van der Waals surface area contributed by atoms with Crippen LogP contribution in [0.15, 0.2) is 16.9 Å². The minimum atomic E-state index is -0.372. The summed E-state index contributed by atoms with van der Waals surface area (Å²) >= 11 is 0. The van der Waals surface area contributed by atoms with Crippen LogP contribution in [0, 0.1) is 0 Å². The Hall–Kier alpha value is -1.62. The Labute approximate surface area is 107 Å². The maximum atomic E-state index is 12.1. The van der Waals surface area contributed by atoms with Gasteiger partial charge in [-0.25, -0.2) is 0 Å². The van der Waals surface area contributed by atoms with Crippen LogP contribution in [0.3, 0.4) is 0 Å². The zero-order valence-electron chi connectivity index (χ0n) is 11.4. The number of amides is 1. The second kappa shape index (κ2) is 5.82. The van der Waals surface area contributed by atoms with Crippen molar-refractivity contribution in [3.05, 3.63) is 33.7 Å². The van der Waals surface area contributed by atoms with Crippen molar-refractivity contribution in [2.75, 3.05) is 6.54 Å². The summed E-state index contributed by atoms with van der Waals surface area (Å²) in [5.74, 6) is -0.132. The van der Waals surface area contributed by atoms with Gasteiger partial charge in [-0.3, -0.25) is 9.59 Å². The van der Waals surface area contributed by atoms with Crippen LogP contribution in [0.1, 0.15) is 42.7 Å². The molecule has 3 N–H and O–H groups in total. The lowest BCUT2D eigenvalue weighted by molar-refractivity contribution is 0.0949. The van der Waals surface area contributed by atoms with E-state index in [9.17, 15) is 9.59 Å². The number of aromatic nitrogens is 1. The molecular weight excluding hydrogens is 230 g/mol. The van der Waals surface area contributed by atoms with E-state index < -0.39 is 0 Å². The second-order valence-electron chi connectivity index (χ2n) is 4.88. The van der Waals surface area contributed by atoms with Crippen LogP contribution in [0.4, 0.5) is 0 Å². The average Bonchev–Trinajstić information content (AvgIpc) is 2.29. The Bertz CT molecular complexity index is 489. The largest absolute Gasteiger partial charge is 0.350 e. The van der Waals surface area contributed by atoms with Crippen molar-refractivity contribution in [2.45, 2.75) is 32.7 Å². The maximum absolute atomic E-state index is 12.1. The molecule has 5 nitrogen and oxygen atoms in total. The number of carbonyl (C=O) groups excluding carboxylic acids is 1. The van der Waals surface area contributed by atoms with Crippen molar-refractivity contribution in [2.24, 2.45) is 12.8 Å². The van der Waals surface area contributed by atoms with Gasteiger partial charge in [0.25, 0.3) is 11.5 Å². The number of carbonyl (C=O) groups is 1. The van der Waals surface area contributed by atoms with Crippen molar-refractivity contribution in [3.63, 3.8) is 0 Å². The van der Waals surface area contributed by atoms with Crippen molar-refractivity contribution >= 4 is 5.91 Å². The molecule has 0 aromatic carbocycles. The Morgan fingerprint density at radius 1 is 1.39 bits per heavy atom. The van der Waals surface area contributed by atoms with E-state index in [2.05, 4.69) is 5.32 Å². The number of hydrogen-bond acceptors (Lipinski definition) is 3. The third-order valence-electron chi connectivity index (χ3n) is 2.76. The number of rotatable bonds is 4. The molecule has 1 amide bonds. The quantitative estimate of drug-likeness (QED) is 0.822. The molecule has 0 fully saturated rings. The fourth-order valence-corrected chi connectivity index (χ4v) is 1.75. The first-order valence-electron chi connectivity index (χ1n) is 6.08. The first-order valence-corrected chi connectivity index (χ1v) is 6.08. The van der Waals surface area contributed by atoms with E-state index >= 15 is 0 Å². The van der Waals surface area contributed by atoms with Gasteiger partial charge >= 0.3 is 0 Å². The molecule has 0 radical (unpaired) electrons. The highest BCUT2D eigenvalue weighted by atomic mass is 16.2. The molecule has 0 spiro atoms. The third kappa shape index (κ3) is 3.20. The molecule has 0 unspecified atom stereocenters. The highest BCUT2D eigenvalue weighted by Gasteiger charge is 2.14. The Morgan fingerprint density at radius 3 is 2.50 bits per heavy atom. The number of nitrogens with two attached hydrogens (primary N) is 1. The average molecular weight is 251 g/mol. The lowest BCUT2D eigenvalue weighted by Crippen LogP contribution is -2.38. The van der Waals surface area contributed by atoms with Gasteiger partial charge in [0.15, 0.2) is 0 Å². The first-order chi connectivity index (χ1) is 8.34. The monoisotopic (exact) mass is 251 g/mol. The van der Waals surface area contributed by atoms with E-state index in [0.29, 0.717) is 6.54 Å². The van der Waals surface area contributed by atoms with E-state index in [1.54, 1.807) is 20.0 Å². The highest BCUT2D eigenvalue weighted by Crippen LogP contribution is 2.11. The molecule has 5 heteroatoms. The molecular formula is C13H21N3O2. The fraction of sp³-hybridized carbons (Fsp3) is 0.538. The van der Waals surface area contributed by atoms with E-state index in [1.807, 2.05) is 19.9 Å². The van der Waals surface area contributed by atoms with Gasteiger partial charge in [0.1, 0.15) is 5.56 Å². The normalized spacial score (nSPS) is 12.6. The van der Waals surface area contributed by atoms with Gasteiger partial charge in [-0.15, -0.1) is 0 Å². The van der Waals surface area contributed by atoms with Crippen LogP contribution in [0.5, 0.6) is 0 Å². The lowest BCUT2D eigenvalue weighted by Gasteiger charge is -2.13. The summed E-state index contributed by atoms with van der Waals surface area (Å²) in [5, 5.41) is 2.64. The zero-order valence-corrected chi connectivity index (χ0v) is 11.4. The number of nitrogens with one attached hydrogen (secondary N) is 1. The van der Waals surface area contributed by atoms with Crippen LogP contribution in [-0.2, 0) is 7.05 Å². The van der Waals surface area contributed by atoms with Crippen molar-refractivity contribution in [3.8, 4) is 0 Å². The smallest absolute Gasteiger partial charge is 0.263 e. The summed E-state index contributed by atoms with van der Waals surface area (Å²) in [7, 11) is 1.68. The van der Waals surface area contributed by atoms with Gasteiger partial charge in [0.05, 0.1) is 0 Å². The zero-order chi connectivity index (χ0) is 13.9. The van der Waals surface area contributed by atoms with E-state index in [0.717, 1.165) is 5.69 Å². The molecule has 1 aromatic rings. The predicted octanol–water partition coefficient (Wildman–Crippen LogP) is 0.586. The summed E-state index contributed by atoms with van der Waals surface area (Å²) in [6, 6.07) is 3.26. The van der Waals surface area contributed by atoms with Crippen LogP contribution in [0.25, 0.3) is 0 Å². The van der Waals surface area contributed by atoms with E-state index in [1.165, 1.54) is 4.57 Å². The van der Waals surface area contributed by atoms with Gasteiger partial charge in [0.2, 0.25) is 0 Å². The number of hydrogen-bond donors (Lipinski definition) is 2. The second-order valence-corrected chi connectivity index (χ2v) is 4.88. The topological polar surface area (TPSA) is 77.1 Å². The molecule has 100 valence electrons. The van der Waals surface area contributed by atoms with Crippen LogP contribution >= 0.6 is 0 Å². The molecule has 0 saturated carbocycles. The molecule has 0 bridgehead atoms. The van der Waals surface area contributed by atoms with Gasteiger partial charge < -0.3 is 15.6 Å². The highest BCUT2D eigenvalue weighted by molar-refractivity contribution is 5.93. The predicted molar refractivity (Wildman–Crippen MR) is 71.8 cm³/mol. The number of nitrogens with zero attached hydrogens (tertiary/aromatic N) is 1. The van der Waals surface area contributed by atoms with Crippen molar-refractivity contribution in [1.82, 2.24) is 9.88 Å². The Balaban J connectivity index is 3.02. The minimum absolute atomic E-state index is 0.132. The van der Waals surface area contributed by atoms with E-state index in [-0.39, 0.29) is 29.0 Å². The van der Waals surface area contributed by atoms with Gasteiger partial charge in [-0.05, 0) is 25.0 Å². The third-order valence-corrected chi connectivity index (χ3v) is 2.76. The molecule has 1 rings (SSSR count). The number of pyridine rings is 1. The lowest BCUT2D eigenvalue weighted by atomic mass is 10.1. The molecule has 0 saturated heterocycles. The SMILES string of the molecule is CC(C)c1ccc(C(=O)NC[C@H](C)N)c(=O)n1C. The van der Waals surface area contributed by atoms with Crippen LogP contribution < -0.4 is 16.6 Å². The summed E-state index contributed by atoms with van der Waals surface area (Å²) in [6.45, 7) is 6.16. The molecule has 1 atom stereocenters. The molecule has 18 heavy (non-hydrogen) atoms. The fourth-order valence-electron chi connectivity index (χ4n) is 1.75. The Kier molecular flexibility index (Phi) is 4.67. The molecule has 0 aliphatic carbocycles. The molecule has 1 heterocycles. The van der Waals surface area contributed by atoms with Crippen LogP contribution in [-0.4, -0.2) is 23.1 Å². The van der Waals surface area contributed by atoms with Gasteiger partial charge in [-0.2, -0.15) is 0 Å². The van der Waals surface area contributed by atoms with Gasteiger partial charge in [0, 0.05) is 25.3 Å². The van der Waals surface area contributed by atoms with Crippen LogP contribution in [0.2, 0.25) is 0 Å². The van der Waals surface area contributed by atoms with Crippen molar-refractivity contribution < 1.29 is 4.79 Å².